The van der Waals surface area contributed by atoms with Gasteiger partial charge in [0.05, 0.1) is 6.61 Å². The van der Waals surface area contributed by atoms with Crippen molar-refractivity contribution in [3.8, 4) is 11.1 Å². The minimum absolute atomic E-state index is 0.00787. The standard InChI is InChI=1S/C26H29N3O2/c1-28(2)25(30)26(20-29(14-15-31-26)19-22-9-7-13-27-18-22)17-21-8-6-12-24(16-21)23-10-4-3-5-11-23/h3-13,16,18H,14-15,17,19-20H2,1-2H3/t26-/m1/s1. The van der Waals surface area contributed by atoms with E-state index in [2.05, 4.69) is 52.3 Å². The summed E-state index contributed by atoms with van der Waals surface area (Å²) in [6.45, 7) is 2.62. The van der Waals surface area contributed by atoms with Gasteiger partial charge in [-0.3, -0.25) is 14.7 Å². The number of ether oxygens (including phenoxy) is 1. The molecule has 1 aliphatic heterocycles. The second-order valence-electron chi connectivity index (χ2n) is 8.36. The van der Waals surface area contributed by atoms with Crippen molar-refractivity contribution in [2.45, 2.75) is 18.6 Å². The molecule has 0 N–H and O–H groups in total. The van der Waals surface area contributed by atoms with E-state index in [1.807, 2.05) is 30.5 Å². The third-order valence-corrected chi connectivity index (χ3v) is 5.71. The van der Waals surface area contributed by atoms with Crippen molar-refractivity contribution in [2.24, 2.45) is 0 Å². The average Bonchev–Trinajstić information content (AvgIpc) is 2.80. The van der Waals surface area contributed by atoms with Crippen molar-refractivity contribution < 1.29 is 9.53 Å². The summed E-state index contributed by atoms with van der Waals surface area (Å²) in [6.07, 6.45) is 4.20. The van der Waals surface area contributed by atoms with Gasteiger partial charge in [0, 0.05) is 52.5 Å². The summed E-state index contributed by atoms with van der Waals surface area (Å²) in [4.78, 5) is 21.5. The molecule has 2 heterocycles. The Kier molecular flexibility index (Phi) is 6.44. The topological polar surface area (TPSA) is 45.7 Å². The highest BCUT2D eigenvalue weighted by Crippen LogP contribution is 2.28. The van der Waals surface area contributed by atoms with E-state index in [9.17, 15) is 4.79 Å². The van der Waals surface area contributed by atoms with E-state index in [1.165, 1.54) is 5.56 Å². The summed E-state index contributed by atoms with van der Waals surface area (Å²) in [5.74, 6) is 0.00787. The number of hydrogen-bond acceptors (Lipinski definition) is 4. The van der Waals surface area contributed by atoms with E-state index in [0.717, 1.165) is 29.8 Å². The quantitative estimate of drug-likeness (QED) is 0.617. The van der Waals surface area contributed by atoms with E-state index >= 15 is 0 Å². The number of carbonyl (C=O) groups excluding carboxylic acids is 1. The molecule has 2 aromatic carbocycles. The Bertz CT molecular complexity index is 1010. The van der Waals surface area contributed by atoms with Crippen LogP contribution < -0.4 is 0 Å². The molecule has 0 spiro atoms. The maximum Gasteiger partial charge on any atom is 0.255 e. The van der Waals surface area contributed by atoms with Gasteiger partial charge in [0.2, 0.25) is 0 Å². The van der Waals surface area contributed by atoms with Crippen LogP contribution in [0, 0.1) is 0 Å². The third kappa shape index (κ3) is 5.01. The fourth-order valence-electron chi connectivity index (χ4n) is 4.28. The molecule has 1 aromatic heterocycles. The Morgan fingerprint density at radius 2 is 1.81 bits per heavy atom. The molecule has 1 aliphatic rings. The van der Waals surface area contributed by atoms with Crippen LogP contribution in [0.2, 0.25) is 0 Å². The first-order valence-electron chi connectivity index (χ1n) is 10.7. The number of hydrogen-bond donors (Lipinski definition) is 0. The lowest BCUT2D eigenvalue weighted by Crippen LogP contribution is -2.60. The summed E-state index contributed by atoms with van der Waals surface area (Å²) >= 11 is 0. The zero-order valence-corrected chi connectivity index (χ0v) is 18.2. The summed E-state index contributed by atoms with van der Waals surface area (Å²) in [6, 6.07) is 22.7. The number of benzene rings is 2. The minimum Gasteiger partial charge on any atom is -0.362 e. The van der Waals surface area contributed by atoms with Gasteiger partial charge < -0.3 is 9.64 Å². The summed E-state index contributed by atoms with van der Waals surface area (Å²) in [5, 5.41) is 0. The van der Waals surface area contributed by atoms with Crippen molar-refractivity contribution in [3.63, 3.8) is 0 Å². The minimum atomic E-state index is -0.904. The molecule has 160 valence electrons. The molecule has 3 aromatic rings. The van der Waals surface area contributed by atoms with Crippen LogP contribution in [0.15, 0.2) is 79.1 Å². The van der Waals surface area contributed by atoms with Crippen LogP contribution in [0.3, 0.4) is 0 Å². The van der Waals surface area contributed by atoms with Crippen molar-refractivity contribution in [2.75, 3.05) is 33.8 Å². The Morgan fingerprint density at radius 1 is 1.03 bits per heavy atom. The number of aromatic nitrogens is 1. The van der Waals surface area contributed by atoms with Gasteiger partial charge in [0.1, 0.15) is 0 Å². The Labute approximate surface area is 184 Å². The van der Waals surface area contributed by atoms with Crippen molar-refractivity contribution >= 4 is 5.91 Å². The maximum atomic E-state index is 13.3. The number of carbonyl (C=O) groups is 1. The zero-order chi connectivity index (χ0) is 21.7. The van der Waals surface area contributed by atoms with E-state index < -0.39 is 5.60 Å². The SMILES string of the molecule is CN(C)C(=O)[C@@]1(Cc2cccc(-c3ccccc3)c2)CN(Cc2cccnc2)CCO1. The summed E-state index contributed by atoms with van der Waals surface area (Å²) in [5.41, 5.74) is 3.65. The lowest BCUT2D eigenvalue weighted by Gasteiger charge is -2.43. The summed E-state index contributed by atoms with van der Waals surface area (Å²) < 4.78 is 6.26. The molecule has 31 heavy (non-hydrogen) atoms. The molecule has 0 aliphatic carbocycles. The third-order valence-electron chi connectivity index (χ3n) is 5.71. The Balaban J connectivity index is 1.60. The Hall–Kier alpha value is -3.02. The van der Waals surface area contributed by atoms with Crippen LogP contribution in [0.4, 0.5) is 0 Å². The molecule has 5 heteroatoms. The van der Waals surface area contributed by atoms with Crippen LogP contribution in [0.25, 0.3) is 11.1 Å². The van der Waals surface area contributed by atoms with Gasteiger partial charge in [0.15, 0.2) is 5.60 Å². The van der Waals surface area contributed by atoms with Crippen molar-refractivity contribution in [1.29, 1.82) is 0 Å². The molecule has 1 amide bonds. The van der Waals surface area contributed by atoms with Gasteiger partial charge in [-0.25, -0.2) is 0 Å². The van der Waals surface area contributed by atoms with Crippen LogP contribution in [0.5, 0.6) is 0 Å². The van der Waals surface area contributed by atoms with Crippen molar-refractivity contribution in [1.82, 2.24) is 14.8 Å². The van der Waals surface area contributed by atoms with E-state index in [4.69, 9.17) is 4.74 Å². The summed E-state index contributed by atoms with van der Waals surface area (Å²) in [7, 11) is 3.60. The second-order valence-corrected chi connectivity index (χ2v) is 8.36. The number of amides is 1. The molecule has 1 fully saturated rings. The first-order chi connectivity index (χ1) is 15.1. The predicted molar refractivity (Wildman–Crippen MR) is 122 cm³/mol. The molecule has 0 saturated carbocycles. The molecule has 0 radical (unpaired) electrons. The molecule has 1 saturated heterocycles. The fraction of sp³-hybridized carbons (Fsp3) is 0.308. The van der Waals surface area contributed by atoms with Gasteiger partial charge in [-0.2, -0.15) is 0 Å². The van der Waals surface area contributed by atoms with E-state index in [0.29, 0.717) is 19.6 Å². The smallest absolute Gasteiger partial charge is 0.255 e. The largest absolute Gasteiger partial charge is 0.362 e. The Morgan fingerprint density at radius 3 is 2.55 bits per heavy atom. The molecule has 0 bridgehead atoms. The molecule has 5 nitrogen and oxygen atoms in total. The number of morpholine rings is 1. The highest BCUT2D eigenvalue weighted by atomic mass is 16.5. The highest BCUT2D eigenvalue weighted by Gasteiger charge is 2.44. The molecule has 4 rings (SSSR count). The first-order valence-corrected chi connectivity index (χ1v) is 10.7. The van der Waals surface area contributed by atoms with Gasteiger partial charge in [0.25, 0.3) is 5.91 Å². The molecule has 1 atom stereocenters. The maximum absolute atomic E-state index is 13.3. The van der Waals surface area contributed by atoms with E-state index in [-0.39, 0.29) is 5.91 Å². The fourth-order valence-corrected chi connectivity index (χ4v) is 4.28. The van der Waals surface area contributed by atoms with E-state index in [1.54, 1.807) is 25.2 Å². The van der Waals surface area contributed by atoms with Crippen LogP contribution in [0.1, 0.15) is 11.1 Å². The predicted octanol–water partition coefficient (Wildman–Crippen LogP) is 3.65. The molecular weight excluding hydrogens is 386 g/mol. The second kappa shape index (κ2) is 9.41. The van der Waals surface area contributed by atoms with Gasteiger partial charge in [-0.15, -0.1) is 0 Å². The lowest BCUT2D eigenvalue weighted by molar-refractivity contribution is -0.169. The monoisotopic (exact) mass is 415 g/mol. The zero-order valence-electron chi connectivity index (χ0n) is 18.2. The van der Waals surface area contributed by atoms with Crippen LogP contribution in [-0.2, 0) is 22.5 Å². The van der Waals surface area contributed by atoms with Crippen LogP contribution in [-0.4, -0.2) is 60.1 Å². The number of nitrogens with zero attached hydrogens (tertiary/aromatic N) is 3. The average molecular weight is 416 g/mol. The normalized spacial score (nSPS) is 19.2. The first kappa shape index (κ1) is 21.2. The number of likely N-dealkylation sites (N-methyl/N-ethyl adjacent to an activating group) is 1. The highest BCUT2D eigenvalue weighted by molar-refractivity contribution is 5.86. The molecule has 0 unspecified atom stereocenters. The van der Waals surface area contributed by atoms with Gasteiger partial charge in [-0.1, -0.05) is 60.7 Å². The van der Waals surface area contributed by atoms with Crippen LogP contribution >= 0.6 is 0 Å². The van der Waals surface area contributed by atoms with Gasteiger partial charge in [-0.05, 0) is 28.3 Å². The van der Waals surface area contributed by atoms with Crippen molar-refractivity contribution in [3.05, 3.63) is 90.3 Å². The lowest BCUT2D eigenvalue weighted by atomic mass is 9.89. The number of pyridine rings is 1. The molecular formula is C26H29N3O2. The van der Waals surface area contributed by atoms with Gasteiger partial charge >= 0.3 is 0 Å². The number of rotatable bonds is 6.